The Morgan fingerprint density at radius 2 is 2.20 bits per heavy atom. The van der Waals surface area contributed by atoms with E-state index in [1.807, 2.05) is 0 Å². The van der Waals surface area contributed by atoms with Gasteiger partial charge in [0.25, 0.3) is 0 Å². The number of methoxy groups -OCH3 is 1. The molecule has 0 aromatic carbocycles. The van der Waals surface area contributed by atoms with Crippen LogP contribution in [-0.2, 0) is 19.4 Å². The number of aliphatic hydroxyl groups excluding tert-OH is 1. The minimum absolute atomic E-state index is 0.0121. The second-order valence-corrected chi connectivity index (χ2v) is 7.94. The first-order valence-electron chi connectivity index (χ1n) is 6.53. The van der Waals surface area contributed by atoms with Crippen LogP contribution in [0, 0.1) is 0 Å². The number of aliphatic hydroxyl groups is 1. The van der Waals surface area contributed by atoms with Gasteiger partial charge < -0.3 is 15.2 Å². The summed E-state index contributed by atoms with van der Waals surface area (Å²) in [7, 11) is 0.173. The second-order valence-electron chi connectivity index (χ2n) is 5.76. The summed E-state index contributed by atoms with van der Waals surface area (Å²) in [4.78, 5) is 13.6. The first-order valence-corrected chi connectivity index (χ1v) is 8.35. The highest BCUT2D eigenvalue weighted by Gasteiger charge is 2.39. The molecule has 1 aliphatic rings. The molecule has 2 unspecified atom stereocenters. The van der Waals surface area contributed by atoms with Crippen LogP contribution in [0.1, 0.15) is 13.3 Å². The van der Waals surface area contributed by atoms with Gasteiger partial charge in [-0.05, 0) is 20.4 Å². The molecule has 0 bridgehead atoms. The lowest BCUT2D eigenvalue weighted by Gasteiger charge is -2.26. The Morgan fingerprint density at radius 1 is 1.55 bits per heavy atom. The Hall–Kier alpha value is -0.700. The van der Waals surface area contributed by atoms with E-state index < -0.39 is 21.5 Å². The molecule has 0 saturated carbocycles. The summed E-state index contributed by atoms with van der Waals surface area (Å²) in [6.45, 7) is 2.38. The molecule has 7 nitrogen and oxygen atoms in total. The van der Waals surface area contributed by atoms with Crippen molar-refractivity contribution < 1.29 is 23.1 Å². The van der Waals surface area contributed by atoms with Crippen molar-refractivity contribution in [1.29, 1.82) is 0 Å². The van der Waals surface area contributed by atoms with E-state index in [2.05, 4.69) is 5.32 Å². The SMILES string of the molecule is COCC(O)CN(C)CC(=O)NC1(C)CCS(=O)(=O)C1. The highest BCUT2D eigenvalue weighted by molar-refractivity contribution is 7.91. The summed E-state index contributed by atoms with van der Waals surface area (Å²) < 4.78 is 27.7. The molecule has 2 atom stereocenters. The number of hydrogen-bond acceptors (Lipinski definition) is 6. The fraction of sp³-hybridized carbons (Fsp3) is 0.917. The average Bonchev–Trinajstić information content (AvgIpc) is 2.51. The summed E-state index contributed by atoms with van der Waals surface area (Å²) in [6.07, 6.45) is -0.211. The third-order valence-corrected chi connectivity index (χ3v) is 5.14. The lowest BCUT2D eigenvalue weighted by molar-refractivity contribution is -0.123. The maximum Gasteiger partial charge on any atom is 0.234 e. The van der Waals surface area contributed by atoms with Crippen molar-refractivity contribution in [3.8, 4) is 0 Å². The smallest absolute Gasteiger partial charge is 0.234 e. The summed E-state index contributed by atoms with van der Waals surface area (Å²) in [5.41, 5.74) is -0.679. The molecule has 1 saturated heterocycles. The number of hydrogen-bond donors (Lipinski definition) is 2. The lowest BCUT2D eigenvalue weighted by atomic mass is 10.0. The number of amides is 1. The van der Waals surface area contributed by atoms with Crippen LogP contribution in [-0.4, -0.2) is 81.3 Å². The van der Waals surface area contributed by atoms with Gasteiger partial charge >= 0.3 is 0 Å². The van der Waals surface area contributed by atoms with Gasteiger partial charge in [-0.3, -0.25) is 9.69 Å². The van der Waals surface area contributed by atoms with Crippen LogP contribution in [0.5, 0.6) is 0 Å². The quantitative estimate of drug-likeness (QED) is 0.602. The predicted molar refractivity (Wildman–Crippen MR) is 75.2 cm³/mol. The van der Waals surface area contributed by atoms with E-state index in [0.29, 0.717) is 13.0 Å². The van der Waals surface area contributed by atoms with Gasteiger partial charge in [0.05, 0.1) is 36.3 Å². The Labute approximate surface area is 120 Å². The topological polar surface area (TPSA) is 95.9 Å². The highest BCUT2D eigenvalue weighted by Crippen LogP contribution is 2.22. The van der Waals surface area contributed by atoms with Crippen LogP contribution < -0.4 is 5.32 Å². The van der Waals surface area contributed by atoms with Crippen LogP contribution in [0.15, 0.2) is 0 Å². The van der Waals surface area contributed by atoms with Crippen LogP contribution in [0.25, 0.3) is 0 Å². The molecule has 1 heterocycles. The molecular formula is C12H24N2O5S. The number of carbonyl (C=O) groups excluding carboxylic acids is 1. The van der Waals surface area contributed by atoms with E-state index in [1.54, 1.807) is 18.9 Å². The lowest BCUT2D eigenvalue weighted by Crippen LogP contribution is -2.50. The first-order chi connectivity index (χ1) is 9.16. The number of carbonyl (C=O) groups is 1. The first kappa shape index (κ1) is 17.4. The molecule has 0 spiro atoms. The Kier molecular flexibility index (Phi) is 5.93. The van der Waals surface area contributed by atoms with Crippen LogP contribution in [0.4, 0.5) is 0 Å². The van der Waals surface area contributed by atoms with Gasteiger partial charge in [-0.1, -0.05) is 0 Å². The number of ether oxygens (including phenoxy) is 1. The van der Waals surface area contributed by atoms with E-state index in [-0.39, 0.29) is 30.6 Å². The number of likely N-dealkylation sites (N-methyl/N-ethyl adjacent to an activating group) is 1. The van der Waals surface area contributed by atoms with Crippen molar-refractivity contribution in [3.05, 3.63) is 0 Å². The number of nitrogens with zero attached hydrogens (tertiary/aromatic N) is 1. The van der Waals surface area contributed by atoms with Crippen molar-refractivity contribution in [2.45, 2.75) is 25.0 Å². The minimum Gasteiger partial charge on any atom is -0.389 e. The summed E-state index contributed by atoms with van der Waals surface area (Å²) in [6, 6.07) is 0. The van der Waals surface area contributed by atoms with E-state index in [9.17, 15) is 18.3 Å². The molecule has 2 N–H and O–H groups in total. The fourth-order valence-corrected chi connectivity index (χ4v) is 4.49. The van der Waals surface area contributed by atoms with E-state index in [0.717, 1.165) is 0 Å². The molecule has 1 rings (SSSR count). The molecule has 8 heteroatoms. The molecule has 20 heavy (non-hydrogen) atoms. The normalized spacial score (nSPS) is 26.6. The van der Waals surface area contributed by atoms with Crippen molar-refractivity contribution >= 4 is 15.7 Å². The zero-order valence-corrected chi connectivity index (χ0v) is 13.1. The molecule has 0 aromatic rings. The average molecular weight is 308 g/mol. The third kappa shape index (κ3) is 5.74. The minimum atomic E-state index is -3.04. The van der Waals surface area contributed by atoms with Crippen LogP contribution in [0.3, 0.4) is 0 Å². The van der Waals surface area contributed by atoms with Gasteiger partial charge in [0.15, 0.2) is 9.84 Å². The zero-order chi connectivity index (χ0) is 15.4. The Morgan fingerprint density at radius 3 is 2.70 bits per heavy atom. The summed E-state index contributed by atoms with van der Waals surface area (Å²) >= 11 is 0. The molecule has 0 aliphatic carbocycles. The standard InChI is InChI=1S/C12H24N2O5S/c1-12(4-5-20(17,18)9-12)13-11(16)7-14(2)6-10(15)8-19-3/h10,15H,4-9H2,1-3H3,(H,13,16). The maximum atomic E-state index is 11.9. The molecule has 1 fully saturated rings. The second kappa shape index (κ2) is 6.84. The predicted octanol–water partition coefficient (Wildman–Crippen LogP) is -1.38. The third-order valence-electron chi connectivity index (χ3n) is 3.24. The van der Waals surface area contributed by atoms with Gasteiger partial charge in [-0.25, -0.2) is 8.42 Å². The number of sulfone groups is 1. The molecule has 0 aromatic heterocycles. The van der Waals surface area contributed by atoms with Crippen LogP contribution in [0.2, 0.25) is 0 Å². The van der Waals surface area contributed by atoms with Crippen molar-refractivity contribution in [2.24, 2.45) is 0 Å². The largest absolute Gasteiger partial charge is 0.389 e. The number of rotatable bonds is 7. The molecule has 1 amide bonds. The highest BCUT2D eigenvalue weighted by atomic mass is 32.2. The van der Waals surface area contributed by atoms with Gasteiger partial charge in [-0.2, -0.15) is 0 Å². The van der Waals surface area contributed by atoms with E-state index >= 15 is 0 Å². The van der Waals surface area contributed by atoms with Crippen molar-refractivity contribution in [3.63, 3.8) is 0 Å². The van der Waals surface area contributed by atoms with Gasteiger partial charge in [0.1, 0.15) is 0 Å². The van der Waals surface area contributed by atoms with Crippen molar-refractivity contribution in [1.82, 2.24) is 10.2 Å². The van der Waals surface area contributed by atoms with E-state index in [1.165, 1.54) is 7.11 Å². The molecule has 118 valence electrons. The zero-order valence-electron chi connectivity index (χ0n) is 12.3. The Balaban J connectivity index is 2.40. The molecular weight excluding hydrogens is 284 g/mol. The maximum absolute atomic E-state index is 11.9. The van der Waals surface area contributed by atoms with Crippen LogP contribution >= 0.6 is 0 Å². The van der Waals surface area contributed by atoms with Gasteiger partial charge in [0.2, 0.25) is 5.91 Å². The fourth-order valence-electron chi connectivity index (χ4n) is 2.40. The number of nitrogens with one attached hydrogen (secondary N) is 1. The summed E-state index contributed by atoms with van der Waals surface area (Å²) in [5.74, 6) is -0.134. The monoisotopic (exact) mass is 308 g/mol. The molecule has 1 aliphatic heterocycles. The summed E-state index contributed by atoms with van der Waals surface area (Å²) in [5, 5.41) is 12.3. The van der Waals surface area contributed by atoms with Crippen molar-refractivity contribution in [2.75, 3.05) is 45.4 Å². The Bertz CT molecular complexity index is 439. The molecule has 0 radical (unpaired) electrons. The van der Waals surface area contributed by atoms with Gasteiger partial charge in [-0.15, -0.1) is 0 Å². The van der Waals surface area contributed by atoms with E-state index in [4.69, 9.17) is 4.74 Å². The van der Waals surface area contributed by atoms with Gasteiger partial charge in [0, 0.05) is 13.7 Å².